The molecule has 2 aliphatic heterocycles. The number of ketones is 1. The lowest BCUT2D eigenvalue weighted by Crippen LogP contribution is -2.29. The van der Waals surface area contributed by atoms with Crippen molar-refractivity contribution in [2.24, 2.45) is 5.92 Å². The van der Waals surface area contributed by atoms with Gasteiger partial charge in [-0.15, -0.1) is 0 Å². The maximum Gasteiger partial charge on any atom is 0.191 e. The molecule has 4 nitrogen and oxygen atoms in total. The molecule has 0 radical (unpaired) electrons. The molecule has 1 aliphatic carbocycles. The van der Waals surface area contributed by atoms with Crippen molar-refractivity contribution in [3.05, 3.63) is 197 Å². The van der Waals surface area contributed by atoms with Gasteiger partial charge >= 0.3 is 0 Å². The summed E-state index contributed by atoms with van der Waals surface area (Å²) in [5.41, 5.74) is 6.02. The van der Waals surface area contributed by atoms with E-state index in [4.69, 9.17) is 55.9 Å². The Morgan fingerprint density at radius 2 is 1.16 bits per heavy atom. The molecule has 4 aromatic rings. The Bertz CT molecular complexity index is 2320. The second-order valence-corrected chi connectivity index (χ2v) is 13.7. The number of carbonyl (C=O) groups excluding carboxylic acids is 1. The van der Waals surface area contributed by atoms with E-state index in [2.05, 4.69) is 0 Å². The van der Waals surface area contributed by atoms with Gasteiger partial charge in [-0.25, -0.2) is 0 Å². The van der Waals surface area contributed by atoms with Crippen LogP contribution in [0.15, 0.2) is 144 Å². The molecule has 8 heteroatoms. The minimum absolute atomic E-state index is 0.0853. The van der Waals surface area contributed by atoms with Gasteiger partial charge in [-0.2, -0.15) is 0 Å². The highest BCUT2D eigenvalue weighted by atomic mass is 35.5. The summed E-state index contributed by atoms with van der Waals surface area (Å²) in [5, 5.41) is 15.2. The molecule has 0 saturated heterocycles. The van der Waals surface area contributed by atoms with Crippen LogP contribution in [-0.4, -0.2) is 5.78 Å². The third kappa shape index (κ3) is 6.73. The van der Waals surface area contributed by atoms with E-state index in [0.29, 0.717) is 59.8 Å². The summed E-state index contributed by atoms with van der Waals surface area (Å²) < 4.78 is 12.7. The van der Waals surface area contributed by atoms with Gasteiger partial charge in [-0.3, -0.25) is 4.79 Å². The molecule has 50 heavy (non-hydrogen) atoms. The van der Waals surface area contributed by atoms with Crippen LogP contribution in [0.1, 0.15) is 33.4 Å². The van der Waals surface area contributed by atoms with Crippen molar-refractivity contribution in [3.63, 3.8) is 0 Å². The summed E-state index contributed by atoms with van der Waals surface area (Å²) >= 11 is 25.0. The average molecular weight is 737 g/mol. The number of hydrogen-bond donors (Lipinski definition) is 0. The number of hydrogen-bond acceptors (Lipinski definition) is 4. The molecule has 0 fully saturated rings. The van der Waals surface area contributed by atoms with Crippen molar-refractivity contribution in [3.8, 4) is 0 Å². The molecule has 0 aromatic heterocycles. The molecule has 0 bridgehead atoms. The average Bonchev–Trinajstić information content (AvgIpc) is 3.12. The molecule has 0 amide bonds. The largest absolute Gasteiger partial charge is 0.871 e. The van der Waals surface area contributed by atoms with Gasteiger partial charge in [0.05, 0.1) is 20.1 Å². The van der Waals surface area contributed by atoms with Gasteiger partial charge < -0.3 is 14.6 Å². The molecular formula is C42H27Cl4O4-. The van der Waals surface area contributed by atoms with Crippen LogP contribution in [0.3, 0.4) is 0 Å². The molecule has 0 spiro atoms. The topological polar surface area (TPSA) is 58.6 Å². The normalized spacial score (nSPS) is 18.9. The third-order valence-corrected chi connectivity index (χ3v) is 10.1. The lowest BCUT2D eigenvalue weighted by molar-refractivity contribution is -0.300. The van der Waals surface area contributed by atoms with Crippen LogP contribution in [0.4, 0.5) is 0 Å². The lowest BCUT2D eigenvalue weighted by atomic mass is 9.83. The molecule has 1 atom stereocenters. The highest BCUT2D eigenvalue weighted by molar-refractivity contribution is 6.42. The number of carbonyl (C=O) groups is 1. The van der Waals surface area contributed by atoms with Gasteiger partial charge in [0.1, 0.15) is 23.0 Å². The van der Waals surface area contributed by atoms with Crippen molar-refractivity contribution >= 4 is 75.2 Å². The smallest absolute Gasteiger partial charge is 0.191 e. The second-order valence-electron chi connectivity index (χ2n) is 12.0. The third-order valence-electron chi connectivity index (χ3n) is 8.60. The minimum atomic E-state index is -0.420. The standard InChI is InChI=1S/C42H28Cl4O4/c1-23-7-3-5-9-29(23)39-19-25(17-37(49-39)27-11-13-33(43)35(45)21-27)15-31-41(47)32(42(31)48)16-26-18-38(28-12-14-34(44)36(46)22-28)50-40(20-26)30-10-6-4-8-24(30)2/h3-22,25,47H,1-2H3/p-1/b26-16+,31-15?. The van der Waals surface area contributed by atoms with Crippen LogP contribution in [0.25, 0.3) is 23.0 Å². The van der Waals surface area contributed by atoms with Crippen molar-refractivity contribution in [1.82, 2.24) is 0 Å². The van der Waals surface area contributed by atoms with E-state index in [0.717, 1.165) is 22.3 Å². The summed E-state index contributed by atoms with van der Waals surface area (Å²) in [7, 11) is 0. The number of ether oxygens (including phenoxy) is 2. The van der Waals surface area contributed by atoms with Crippen LogP contribution >= 0.6 is 46.4 Å². The Morgan fingerprint density at radius 1 is 0.640 bits per heavy atom. The molecule has 0 saturated carbocycles. The van der Waals surface area contributed by atoms with Gasteiger partial charge in [0, 0.05) is 39.3 Å². The molecule has 4 aromatic carbocycles. The van der Waals surface area contributed by atoms with Crippen molar-refractivity contribution in [2.75, 3.05) is 0 Å². The van der Waals surface area contributed by atoms with Crippen LogP contribution in [0.2, 0.25) is 20.1 Å². The van der Waals surface area contributed by atoms with E-state index in [1.807, 2.05) is 86.7 Å². The van der Waals surface area contributed by atoms with E-state index >= 15 is 0 Å². The first-order valence-corrected chi connectivity index (χ1v) is 17.2. The quantitative estimate of drug-likeness (QED) is 0.185. The number of rotatable bonds is 6. The highest BCUT2D eigenvalue weighted by Gasteiger charge is 2.28. The van der Waals surface area contributed by atoms with Crippen LogP contribution in [-0.2, 0) is 14.3 Å². The van der Waals surface area contributed by atoms with E-state index in [1.165, 1.54) is 0 Å². The molecular weight excluding hydrogens is 710 g/mol. The van der Waals surface area contributed by atoms with Gasteiger partial charge in [-0.05, 0) is 97.3 Å². The fourth-order valence-electron chi connectivity index (χ4n) is 5.93. The first-order valence-electron chi connectivity index (χ1n) is 15.7. The summed E-state index contributed by atoms with van der Waals surface area (Å²) in [4.78, 5) is 13.6. The zero-order valence-corrected chi connectivity index (χ0v) is 29.8. The maximum atomic E-state index is 13.6. The predicted molar refractivity (Wildman–Crippen MR) is 201 cm³/mol. The Labute approximate surface area is 310 Å². The summed E-state index contributed by atoms with van der Waals surface area (Å²) in [6.07, 6.45) is 10.6. The zero-order chi connectivity index (χ0) is 35.1. The monoisotopic (exact) mass is 735 g/mol. The molecule has 1 unspecified atom stereocenters. The van der Waals surface area contributed by atoms with Gasteiger partial charge in [0.25, 0.3) is 0 Å². The fourth-order valence-corrected chi connectivity index (χ4v) is 6.53. The van der Waals surface area contributed by atoms with Crippen LogP contribution in [0.5, 0.6) is 0 Å². The summed E-state index contributed by atoms with van der Waals surface area (Å²) in [5.74, 6) is 1.11. The predicted octanol–water partition coefficient (Wildman–Crippen LogP) is 11.1. The Hall–Kier alpha value is -4.71. The fraction of sp³-hybridized carbons (Fsp3) is 0.0714. The SMILES string of the molecule is Cc1ccccc1C1=C/C(=C/C2=C([O-])C(=CC3C=C(c4ccc(Cl)c(Cl)c4)OC(c4ccccc4C)=C3)C2=O)C=C(c2ccc(Cl)c(Cl)c2)O1. The van der Waals surface area contributed by atoms with Crippen molar-refractivity contribution in [1.29, 1.82) is 0 Å². The van der Waals surface area contributed by atoms with Crippen LogP contribution in [0, 0.1) is 19.8 Å². The molecule has 3 aliphatic rings. The van der Waals surface area contributed by atoms with Gasteiger partial charge in [0.15, 0.2) is 5.78 Å². The Kier molecular flexibility index (Phi) is 9.38. The molecule has 2 heterocycles. The van der Waals surface area contributed by atoms with Crippen molar-refractivity contribution < 1.29 is 19.4 Å². The maximum absolute atomic E-state index is 13.6. The number of aryl methyl sites for hydroxylation is 2. The number of Topliss-reactive ketones (excluding diaryl/α,β-unsaturated/α-hetero) is 1. The molecule has 7 rings (SSSR count). The molecule has 248 valence electrons. The summed E-state index contributed by atoms with van der Waals surface area (Å²) in [6, 6.07) is 26.1. The number of benzene rings is 4. The minimum Gasteiger partial charge on any atom is -0.871 e. The first kappa shape index (κ1) is 33.8. The van der Waals surface area contributed by atoms with Gasteiger partial charge in [0.2, 0.25) is 0 Å². The van der Waals surface area contributed by atoms with Crippen molar-refractivity contribution in [2.45, 2.75) is 13.8 Å². The first-order chi connectivity index (χ1) is 24.0. The van der Waals surface area contributed by atoms with Gasteiger partial charge in [-0.1, -0.05) is 107 Å². The van der Waals surface area contributed by atoms with E-state index in [1.54, 1.807) is 48.6 Å². The number of allylic oxidation sites excluding steroid dienone is 9. The molecule has 0 N–H and O–H groups in total. The lowest BCUT2D eigenvalue weighted by Gasteiger charge is -2.31. The second kappa shape index (κ2) is 13.9. The zero-order valence-electron chi connectivity index (χ0n) is 26.8. The Balaban J connectivity index is 1.28. The number of halogens is 4. The van der Waals surface area contributed by atoms with E-state index < -0.39 is 5.92 Å². The van der Waals surface area contributed by atoms with E-state index in [9.17, 15) is 9.90 Å². The van der Waals surface area contributed by atoms with E-state index in [-0.39, 0.29) is 22.7 Å². The van der Waals surface area contributed by atoms with Crippen LogP contribution < -0.4 is 5.11 Å². The summed E-state index contributed by atoms with van der Waals surface area (Å²) in [6.45, 7) is 3.98. The highest BCUT2D eigenvalue weighted by Crippen LogP contribution is 2.40. The Morgan fingerprint density at radius 3 is 1.74 bits per heavy atom.